The molecule has 2 aromatic rings. The van der Waals surface area contributed by atoms with Crippen LogP contribution in [0.3, 0.4) is 0 Å². The maximum atomic E-state index is 13.4. The van der Waals surface area contributed by atoms with Gasteiger partial charge in [0, 0.05) is 12.0 Å². The molecule has 1 atom stereocenters. The van der Waals surface area contributed by atoms with Gasteiger partial charge in [0.05, 0.1) is 12.3 Å². The monoisotopic (exact) mass is 265 g/mol. The van der Waals surface area contributed by atoms with Gasteiger partial charge in [-0.25, -0.2) is 8.78 Å². The predicted octanol–water partition coefficient (Wildman–Crippen LogP) is 3.82. The molecule has 1 aromatic carbocycles. The normalized spacial score (nSPS) is 12.6. The summed E-state index contributed by atoms with van der Waals surface area (Å²) in [4.78, 5) is 0. The van der Waals surface area contributed by atoms with E-state index in [1.54, 1.807) is 12.3 Å². The van der Waals surface area contributed by atoms with E-state index >= 15 is 0 Å². The quantitative estimate of drug-likeness (QED) is 0.889. The van der Waals surface area contributed by atoms with Crippen LogP contribution in [0, 0.1) is 11.6 Å². The smallest absolute Gasteiger partial charge is 0.159 e. The molecule has 0 aliphatic rings. The van der Waals surface area contributed by atoms with Gasteiger partial charge in [-0.1, -0.05) is 19.9 Å². The molecule has 0 bridgehead atoms. The second-order valence-electron chi connectivity index (χ2n) is 4.32. The Balaban J connectivity index is 2.42. The van der Waals surface area contributed by atoms with E-state index in [2.05, 4.69) is 5.32 Å². The first kappa shape index (κ1) is 13.7. The molecule has 0 aliphatic heterocycles. The lowest BCUT2D eigenvalue weighted by molar-refractivity contribution is 0.495. The van der Waals surface area contributed by atoms with Crippen LogP contribution in [0.5, 0.6) is 0 Å². The predicted molar refractivity (Wildman–Crippen MR) is 70.0 cm³/mol. The minimum atomic E-state index is -0.832. The van der Waals surface area contributed by atoms with Crippen molar-refractivity contribution in [1.82, 2.24) is 5.32 Å². The number of hydrogen-bond acceptors (Lipinski definition) is 2. The van der Waals surface area contributed by atoms with Gasteiger partial charge < -0.3 is 9.73 Å². The van der Waals surface area contributed by atoms with Gasteiger partial charge in [-0.3, -0.25) is 0 Å². The Bertz CT molecular complexity index is 551. The lowest BCUT2D eigenvalue weighted by Crippen LogP contribution is -2.22. The van der Waals surface area contributed by atoms with Crippen molar-refractivity contribution in [2.24, 2.45) is 0 Å². The zero-order chi connectivity index (χ0) is 13.8. The highest BCUT2D eigenvalue weighted by molar-refractivity contribution is 5.34. The van der Waals surface area contributed by atoms with Crippen molar-refractivity contribution in [3.8, 4) is 0 Å². The largest absolute Gasteiger partial charge is 0.469 e. The Morgan fingerprint density at radius 2 is 1.95 bits per heavy atom. The Labute approximate surface area is 111 Å². The van der Waals surface area contributed by atoms with Crippen LogP contribution in [-0.2, 0) is 6.42 Å². The Hall–Kier alpha value is -1.68. The van der Waals surface area contributed by atoms with Crippen LogP contribution in [-0.4, -0.2) is 6.54 Å². The maximum Gasteiger partial charge on any atom is 0.159 e. The van der Waals surface area contributed by atoms with Gasteiger partial charge in [-0.15, -0.1) is 0 Å². The van der Waals surface area contributed by atoms with E-state index < -0.39 is 11.6 Å². The average molecular weight is 265 g/mol. The molecule has 0 aliphatic carbocycles. The van der Waals surface area contributed by atoms with Crippen LogP contribution in [0.25, 0.3) is 0 Å². The molecule has 0 saturated carbocycles. The summed E-state index contributed by atoms with van der Waals surface area (Å²) in [7, 11) is 0. The first-order chi connectivity index (χ1) is 9.17. The lowest BCUT2D eigenvalue weighted by Gasteiger charge is -2.18. The molecule has 19 heavy (non-hydrogen) atoms. The van der Waals surface area contributed by atoms with Gasteiger partial charge in [0.1, 0.15) is 5.76 Å². The molecule has 1 heterocycles. The number of aryl methyl sites for hydroxylation is 1. The highest BCUT2D eigenvalue weighted by Gasteiger charge is 2.19. The fourth-order valence-electron chi connectivity index (χ4n) is 2.20. The summed E-state index contributed by atoms with van der Waals surface area (Å²) in [5, 5.41) is 3.27. The van der Waals surface area contributed by atoms with Gasteiger partial charge in [-0.05, 0) is 30.3 Å². The topological polar surface area (TPSA) is 25.2 Å². The molecule has 102 valence electrons. The summed E-state index contributed by atoms with van der Waals surface area (Å²) < 4.78 is 31.8. The molecule has 2 nitrogen and oxygen atoms in total. The Morgan fingerprint density at radius 1 is 1.16 bits per heavy atom. The van der Waals surface area contributed by atoms with Crippen LogP contribution in [0.1, 0.15) is 36.8 Å². The van der Waals surface area contributed by atoms with Gasteiger partial charge in [0.15, 0.2) is 11.6 Å². The second-order valence-corrected chi connectivity index (χ2v) is 4.32. The number of benzene rings is 1. The fourth-order valence-corrected chi connectivity index (χ4v) is 2.20. The highest BCUT2D eigenvalue weighted by atomic mass is 19.2. The number of furan rings is 1. The molecule has 0 amide bonds. The molecule has 0 radical (unpaired) electrons. The average Bonchev–Trinajstić information content (AvgIpc) is 2.87. The minimum Gasteiger partial charge on any atom is -0.469 e. The van der Waals surface area contributed by atoms with Crippen LogP contribution >= 0.6 is 0 Å². The molecular formula is C15H17F2NO. The van der Waals surface area contributed by atoms with E-state index in [4.69, 9.17) is 4.42 Å². The van der Waals surface area contributed by atoms with Gasteiger partial charge >= 0.3 is 0 Å². The minimum absolute atomic E-state index is 0.186. The summed E-state index contributed by atoms with van der Waals surface area (Å²) in [5.74, 6) is -0.806. The molecule has 1 unspecified atom stereocenters. The fraction of sp³-hybridized carbons (Fsp3) is 0.333. The number of hydrogen-bond donors (Lipinski definition) is 1. The zero-order valence-corrected chi connectivity index (χ0v) is 11.0. The van der Waals surface area contributed by atoms with Gasteiger partial charge in [0.25, 0.3) is 0 Å². The van der Waals surface area contributed by atoms with Gasteiger partial charge in [-0.2, -0.15) is 0 Å². The van der Waals surface area contributed by atoms with Crippen molar-refractivity contribution >= 4 is 0 Å². The zero-order valence-electron chi connectivity index (χ0n) is 11.0. The van der Waals surface area contributed by atoms with Crippen LogP contribution in [0.15, 0.2) is 34.9 Å². The number of halogens is 2. The van der Waals surface area contributed by atoms with E-state index in [9.17, 15) is 8.78 Å². The summed E-state index contributed by atoms with van der Waals surface area (Å²) in [6.07, 6.45) is 2.38. The highest BCUT2D eigenvalue weighted by Crippen LogP contribution is 2.27. The molecule has 0 saturated heterocycles. The van der Waals surface area contributed by atoms with Crippen molar-refractivity contribution in [3.63, 3.8) is 0 Å². The number of rotatable bonds is 5. The number of nitrogens with one attached hydrogen (secondary N) is 1. The third-order valence-corrected chi connectivity index (χ3v) is 3.10. The van der Waals surface area contributed by atoms with Crippen LogP contribution in [0.4, 0.5) is 8.78 Å². The third kappa shape index (κ3) is 2.84. The summed E-state index contributed by atoms with van der Waals surface area (Å²) in [6.45, 7) is 4.69. The van der Waals surface area contributed by atoms with Crippen LogP contribution in [0.2, 0.25) is 0 Å². The van der Waals surface area contributed by atoms with Crippen molar-refractivity contribution in [3.05, 3.63) is 59.1 Å². The molecule has 1 N–H and O–H groups in total. The molecule has 1 aromatic heterocycles. The molecule has 2 rings (SSSR count). The van der Waals surface area contributed by atoms with E-state index in [-0.39, 0.29) is 6.04 Å². The molecule has 0 fully saturated rings. The molecule has 0 spiro atoms. The third-order valence-electron chi connectivity index (χ3n) is 3.10. The standard InChI is InChI=1S/C15H17F2NO/c1-3-14-11(7-8-19-14)15(18-4-2)10-5-6-12(16)13(17)9-10/h5-9,15,18H,3-4H2,1-2H3. The van der Waals surface area contributed by atoms with E-state index in [0.717, 1.165) is 30.4 Å². The SMILES string of the molecule is CCNC(c1ccc(F)c(F)c1)c1ccoc1CC. The summed E-state index contributed by atoms with van der Waals surface area (Å²) >= 11 is 0. The van der Waals surface area contributed by atoms with Crippen molar-refractivity contribution < 1.29 is 13.2 Å². The van der Waals surface area contributed by atoms with Crippen molar-refractivity contribution in [2.75, 3.05) is 6.54 Å². The Morgan fingerprint density at radius 3 is 2.58 bits per heavy atom. The van der Waals surface area contributed by atoms with E-state index in [0.29, 0.717) is 5.56 Å². The lowest BCUT2D eigenvalue weighted by atomic mass is 9.98. The Kier molecular flexibility index (Phi) is 4.32. The first-order valence-electron chi connectivity index (χ1n) is 6.42. The van der Waals surface area contributed by atoms with Gasteiger partial charge in [0.2, 0.25) is 0 Å². The van der Waals surface area contributed by atoms with E-state index in [1.165, 1.54) is 6.07 Å². The first-order valence-corrected chi connectivity index (χ1v) is 6.42. The molecule has 4 heteroatoms. The summed E-state index contributed by atoms with van der Waals surface area (Å²) in [6, 6.07) is 5.66. The van der Waals surface area contributed by atoms with E-state index in [1.807, 2.05) is 19.9 Å². The maximum absolute atomic E-state index is 13.4. The van der Waals surface area contributed by atoms with Crippen LogP contribution < -0.4 is 5.32 Å². The second kappa shape index (κ2) is 5.97. The summed E-state index contributed by atoms with van der Waals surface area (Å²) in [5.41, 5.74) is 1.66. The van der Waals surface area contributed by atoms with Crippen molar-refractivity contribution in [1.29, 1.82) is 0 Å². The molecular weight excluding hydrogens is 248 g/mol. The van der Waals surface area contributed by atoms with Crippen molar-refractivity contribution in [2.45, 2.75) is 26.3 Å².